The number of hydrogen-bond acceptors (Lipinski definition) is 7. The first-order valence-electron chi connectivity index (χ1n) is 9.13. The number of likely N-dealkylation sites (tertiary alicyclic amines) is 1. The molecule has 25 heavy (non-hydrogen) atoms. The van der Waals surface area contributed by atoms with Crippen molar-refractivity contribution in [2.24, 2.45) is 5.92 Å². The van der Waals surface area contributed by atoms with Gasteiger partial charge in [0.1, 0.15) is 6.33 Å². The Morgan fingerprint density at radius 1 is 1.16 bits per heavy atom. The van der Waals surface area contributed by atoms with E-state index in [4.69, 9.17) is 0 Å². The summed E-state index contributed by atoms with van der Waals surface area (Å²) in [5.41, 5.74) is 0.0541. The highest BCUT2D eigenvalue weighted by Crippen LogP contribution is 2.36. The van der Waals surface area contributed by atoms with Crippen LogP contribution in [0.2, 0.25) is 0 Å². The van der Waals surface area contributed by atoms with Gasteiger partial charge in [-0.15, -0.1) is 0 Å². The highest BCUT2D eigenvalue weighted by Gasteiger charge is 2.33. The van der Waals surface area contributed by atoms with Crippen LogP contribution in [0.25, 0.3) is 0 Å². The lowest BCUT2D eigenvalue weighted by atomic mass is 9.99. The molecular weight excluding hydrogens is 320 g/mol. The van der Waals surface area contributed by atoms with Crippen LogP contribution in [0.5, 0.6) is 0 Å². The van der Waals surface area contributed by atoms with Crippen molar-refractivity contribution >= 4 is 17.3 Å². The van der Waals surface area contributed by atoms with Crippen LogP contribution in [0, 0.1) is 16.0 Å². The van der Waals surface area contributed by atoms with Crippen LogP contribution in [0.15, 0.2) is 6.33 Å². The Labute approximate surface area is 149 Å². The second-order valence-corrected chi connectivity index (χ2v) is 7.44. The first-order valence-corrected chi connectivity index (χ1v) is 9.13. The van der Waals surface area contributed by atoms with E-state index in [1.165, 1.54) is 6.33 Å². The monoisotopic (exact) mass is 348 g/mol. The van der Waals surface area contributed by atoms with Gasteiger partial charge in [0.15, 0.2) is 0 Å². The van der Waals surface area contributed by atoms with Crippen molar-refractivity contribution in [2.45, 2.75) is 38.6 Å². The van der Waals surface area contributed by atoms with E-state index in [0.29, 0.717) is 17.6 Å². The molecule has 3 rings (SSSR count). The molecule has 0 atom stereocenters. The van der Waals surface area contributed by atoms with Crippen molar-refractivity contribution in [3.63, 3.8) is 0 Å². The Balaban J connectivity index is 1.88. The maximum absolute atomic E-state index is 11.9. The molecule has 8 heteroatoms. The molecule has 2 fully saturated rings. The van der Waals surface area contributed by atoms with Crippen LogP contribution in [0.3, 0.4) is 0 Å². The van der Waals surface area contributed by atoms with E-state index in [9.17, 15) is 10.1 Å². The number of rotatable bonds is 4. The zero-order valence-corrected chi connectivity index (χ0v) is 15.4. The lowest BCUT2D eigenvalue weighted by Gasteiger charge is -2.36. The lowest BCUT2D eigenvalue weighted by molar-refractivity contribution is -0.383. The van der Waals surface area contributed by atoms with Gasteiger partial charge in [0.2, 0.25) is 11.6 Å². The Hall–Kier alpha value is -1.96. The molecule has 0 saturated carbocycles. The molecule has 3 heterocycles. The number of hydrogen-bond donors (Lipinski definition) is 0. The van der Waals surface area contributed by atoms with E-state index >= 15 is 0 Å². The van der Waals surface area contributed by atoms with Crippen LogP contribution in [0.4, 0.5) is 17.3 Å². The van der Waals surface area contributed by atoms with Crippen LogP contribution in [-0.2, 0) is 0 Å². The highest BCUT2D eigenvalue weighted by molar-refractivity contribution is 5.71. The van der Waals surface area contributed by atoms with Crippen LogP contribution < -0.4 is 9.80 Å². The van der Waals surface area contributed by atoms with Crippen LogP contribution in [0.1, 0.15) is 32.6 Å². The van der Waals surface area contributed by atoms with E-state index in [2.05, 4.69) is 28.8 Å². The number of nitro groups is 1. The Kier molecular flexibility index (Phi) is 5.36. The van der Waals surface area contributed by atoms with Crippen molar-refractivity contribution in [1.82, 2.24) is 14.9 Å². The standard InChI is InChI=1S/C17H28N6O2/c1-13-4-10-22(11-5-13)17-15(23(24)25)16(18-12-19-17)21(3)14-6-8-20(2)9-7-14/h12-14H,4-11H2,1-3H3. The lowest BCUT2D eigenvalue weighted by Crippen LogP contribution is -2.42. The summed E-state index contributed by atoms with van der Waals surface area (Å²) in [6.45, 7) is 5.87. The van der Waals surface area contributed by atoms with Gasteiger partial charge >= 0.3 is 5.69 Å². The summed E-state index contributed by atoms with van der Waals surface area (Å²) in [6, 6.07) is 0.277. The second kappa shape index (κ2) is 7.51. The fourth-order valence-electron chi connectivity index (χ4n) is 3.79. The number of piperidine rings is 2. The Bertz CT molecular complexity index is 609. The molecule has 138 valence electrons. The zero-order valence-electron chi connectivity index (χ0n) is 15.4. The fourth-order valence-corrected chi connectivity index (χ4v) is 3.79. The van der Waals surface area contributed by atoms with Gasteiger partial charge in [-0.1, -0.05) is 6.92 Å². The third kappa shape index (κ3) is 3.84. The molecule has 0 spiro atoms. The maximum Gasteiger partial charge on any atom is 0.353 e. The topological polar surface area (TPSA) is 78.6 Å². The summed E-state index contributed by atoms with van der Waals surface area (Å²) in [6.07, 6.45) is 5.54. The third-order valence-electron chi connectivity index (χ3n) is 5.62. The molecule has 2 aliphatic heterocycles. The SMILES string of the molecule is CC1CCN(c2ncnc(N(C)C3CCN(C)CC3)c2[N+](=O)[O-])CC1. The first kappa shape index (κ1) is 17.8. The summed E-state index contributed by atoms with van der Waals surface area (Å²) in [4.78, 5) is 26.5. The smallest absolute Gasteiger partial charge is 0.351 e. The van der Waals surface area contributed by atoms with Crippen LogP contribution >= 0.6 is 0 Å². The Morgan fingerprint density at radius 3 is 2.40 bits per heavy atom. The Morgan fingerprint density at radius 2 is 1.80 bits per heavy atom. The minimum atomic E-state index is -0.311. The zero-order chi connectivity index (χ0) is 18.0. The van der Waals surface area contributed by atoms with Crippen molar-refractivity contribution < 1.29 is 4.92 Å². The van der Waals surface area contributed by atoms with Gasteiger partial charge in [-0.2, -0.15) is 0 Å². The quantitative estimate of drug-likeness (QED) is 0.609. The van der Waals surface area contributed by atoms with Crippen LogP contribution in [-0.4, -0.2) is 66.1 Å². The normalized spacial score (nSPS) is 20.7. The summed E-state index contributed by atoms with van der Waals surface area (Å²) < 4.78 is 0. The van der Waals surface area contributed by atoms with Crippen molar-refractivity contribution in [1.29, 1.82) is 0 Å². The largest absolute Gasteiger partial charge is 0.353 e. The summed E-state index contributed by atoms with van der Waals surface area (Å²) >= 11 is 0. The summed E-state index contributed by atoms with van der Waals surface area (Å²) in [5.74, 6) is 1.59. The molecule has 0 bridgehead atoms. The van der Waals surface area contributed by atoms with Gasteiger partial charge in [0.25, 0.3) is 0 Å². The highest BCUT2D eigenvalue weighted by atomic mass is 16.6. The third-order valence-corrected chi connectivity index (χ3v) is 5.62. The molecule has 0 unspecified atom stereocenters. The minimum absolute atomic E-state index is 0.0541. The van der Waals surface area contributed by atoms with Gasteiger partial charge in [0.05, 0.1) is 4.92 Å². The molecular formula is C17H28N6O2. The predicted molar refractivity (Wildman–Crippen MR) is 98.2 cm³/mol. The molecule has 2 aliphatic rings. The van der Waals surface area contributed by atoms with Crippen molar-refractivity contribution in [3.05, 3.63) is 16.4 Å². The van der Waals surface area contributed by atoms with E-state index in [1.54, 1.807) is 0 Å². The van der Waals surface area contributed by atoms with E-state index in [1.807, 2.05) is 16.8 Å². The predicted octanol–water partition coefficient (Wildman–Crippen LogP) is 2.15. The number of nitrogens with zero attached hydrogens (tertiary/aromatic N) is 6. The van der Waals surface area contributed by atoms with Crippen molar-refractivity contribution in [3.8, 4) is 0 Å². The van der Waals surface area contributed by atoms with E-state index < -0.39 is 0 Å². The van der Waals surface area contributed by atoms with Gasteiger partial charge < -0.3 is 14.7 Å². The molecule has 1 aromatic heterocycles. The molecule has 0 aromatic carbocycles. The average Bonchev–Trinajstić information content (AvgIpc) is 2.61. The number of anilines is 2. The van der Waals surface area contributed by atoms with Gasteiger partial charge in [-0.3, -0.25) is 10.1 Å². The molecule has 0 radical (unpaired) electrons. The molecule has 8 nitrogen and oxygen atoms in total. The average molecular weight is 348 g/mol. The van der Waals surface area contributed by atoms with Crippen molar-refractivity contribution in [2.75, 3.05) is 50.1 Å². The van der Waals surface area contributed by atoms with E-state index in [0.717, 1.165) is 51.9 Å². The van der Waals surface area contributed by atoms with E-state index in [-0.39, 0.29) is 16.7 Å². The maximum atomic E-state index is 11.9. The minimum Gasteiger partial charge on any atom is -0.351 e. The molecule has 0 amide bonds. The summed E-state index contributed by atoms with van der Waals surface area (Å²) in [5, 5.41) is 11.9. The van der Waals surface area contributed by atoms with Gasteiger partial charge in [0, 0.05) is 26.2 Å². The molecule has 2 saturated heterocycles. The molecule has 1 aromatic rings. The number of aromatic nitrogens is 2. The second-order valence-electron chi connectivity index (χ2n) is 7.44. The van der Waals surface area contributed by atoms with Gasteiger partial charge in [-0.05, 0) is 51.7 Å². The fraction of sp³-hybridized carbons (Fsp3) is 0.765. The first-order chi connectivity index (χ1) is 12.0. The summed E-state index contributed by atoms with van der Waals surface area (Å²) in [7, 11) is 4.03. The molecule has 0 aliphatic carbocycles. The van der Waals surface area contributed by atoms with Gasteiger partial charge in [-0.25, -0.2) is 9.97 Å². The molecule has 0 N–H and O–H groups in total.